The maximum atomic E-state index is 13.0. The SMILES string of the molecule is Cc1ccc(C(=O)N[C@H]2CC[C@@H](Nc3cccc4nc(C(F)F)cn34)CC2)cc1. The quantitative estimate of drug-likeness (QED) is 0.653. The lowest BCUT2D eigenvalue weighted by Crippen LogP contribution is -2.40. The van der Waals surface area contributed by atoms with Crippen LogP contribution < -0.4 is 10.6 Å². The molecule has 29 heavy (non-hydrogen) atoms. The standard InChI is InChI=1S/C22H24F2N4O/c1-14-5-7-15(8-6-14)22(29)26-17-11-9-16(10-12-17)25-19-3-2-4-20-27-18(21(23)24)13-28(19)20/h2-8,13,16-17,21,25H,9-12H2,1H3,(H,26,29)/t16-,17+. The predicted octanol–water partition coefficient (Wildman–Crippen LogP) is 4.73. The largest absolute Gasteiger partial charge is 0.368 e. The van der Waals surface area contributed by atoms with Crippen molar-refractivity contribution in [2.75, 3.05) is 5.32 Å². The van der Waals surface area contributed by atoms with Crippen LogP contribution in [0.2, 0.25) is 0 Å². The molecule has 4 rings (SSSR count). The highest BCUT2D eigenvalue weighted by atomic mass is 19.3. The number of fused-ring (bicyclic) bond motifs is 1. The number of hydrogen-bond donors (Lipinski definition) is 2. The van der Waals surface area contributed by atoms with Crippen molar-refractivity contribution in [3.8, 4) is 0 Å². The molecule has 0 spiro atoms. The van der Waals surface area contributed by atoms with E-state index in [-0.39, 0.29) is 23.7 Å². The van der Waals surface area contributed by atoms with Crippen LogP contribution in [0, 0.1) is 6.92 Å². The predicted molar refractivity (Wildman–Crippen MR) is 108 cm³/mol. The van der Waals surface area contributed by atoms with E-state index >= 15 is 0 Å². The second kappa shape index (κ2) is 8.19. The van der Waals surface area contributed by atoms with Gasteiger partial charge in [-0.25, -0.2) is 13.8 Å². The number of amides is 1. The fraction of sp³-hybridized carbons (Fsp3) is 0.364. The summed E-state index contributed by atoms with van der Waals surface area (Å²) in [6.07, 6.45) is 2.33. The molecule has 0 radical (unpaired) electrons. The number of pyridine rings is 1. The molecule has 152 valence electrons. The Labute approximate surface area is 168 Å². The maximum absolute atomic E-state index is 13.0. The van der Waals surface area contributed by atoms with Gasteiger partial charge in [0.15, 0.2) is 0 Å². The lowest BCUT2D eigenvalue weighted by molar-refractivity contribution is 0.0926. The van der Waals surface area contributed by atoms with E-state index in [1.807, 2.05) is 43.3 Å². The van der Waals surface area contributed by atoms with Crippen molar-refractivity contribution in [1.29, 1.82) is 0 Å². The summed E-state index contributed by atoms with van der Waals surface area (Å²) in [5, 5.41) is 6.57. The molecule has 0 bridgehead atoms. The van der Waals surface area contributed by atoms with Gasteiger partial charge in [-0.2, -0.15) is 0 Å². The molecule has 3 aromatic rings. The average molecular weight is 398 g/mol. The Kier molecular flexibility index (Phi) is 5.47. The zero-order chi connectivity index (χ0) is 20.4. The van der Waals surface area contributed by atoms with Crippen molar-refractivity contribution in [2.45, 2.75) is 51.1 Å². The van der Waals surface area contributed by atoms with Crippen LogP contribution in [0.4, 0.5) is 14.6 Å². The second-order valence-electron chi connectivity index (χ2n) is 7.64. The molecule has 5 nitrogen and oxygen atoms in total. The third-order valence-corrected chi connectivity index (χ3v) is 5.46. The van der Waals surface area contributed by atoms with Gasteiger partial charge in [-0.3, -0.25) is 9.20 Å². The monoisotopic (exact) mass is 398 g/mol. The van der Waals surface area contributed by atoms with E-state index in [4.69, 9.17) is 0 Å². The van der Waals surface area contributed by atoms with Gasteiger partial charge in [-0.05, 0) is 56.9 Å². The van der Waals surface area contributed by atoms with Crippen LogP contribution in [0.3, 0.4) is 0 Å². The Bertz CT molecular complexity index is 992. The van der Waals surface area contributed by atoms with Gasteiger partial charge < -0.3 is 10.6 Å². The number of alkyl halides is 2. The van der Waals surface area contributed by atoms with Crippen molar-refractivity contribution in [3.05, 3.63) is 65.5 Å². The lowest BCUT2D eigenvalue weighted by atomic mass is 9.91. The van der Waals surface area contributed by atoms with Crippen LogP contribution in [0.5, 0.6) is 0 Å². The van der Waals surface area contributed by atoms with Gasteiger partial charge in [0.05, 0.1) is 0 Å². The van der Waals surface area contributed by atoms with Gasteiger partial charge in [-0.1, -0.05) is 23.8 Å². The van der Waals surface area contributed by atoms with E-state index in [1.54, 1.807) is 10.5 Å². The topological polar surface area (TPSA) is 58.4 Å². The smallest absolute Gasteiger partial charge is 0.281 e. The molecule has 2 aromatic heterocycles. The summed E-state index contributed by atoms with van der Waals surface area (Å²) in [5.74, 6) is 0.721. The first-order valence-corrected chi connectivity index (χ1v) is 9.90. The summed E-state index contributed by atoms with van der Waals surface area (Å²) in [6.45, 7) is 1.99. The highest BCUT2D eigenvalue weighted by molar-refractivity contribution is 5.94. The van der Waals surface area contributed by atoms with Crippen molar-refractivity contribution in [3.63, 3.8) is 0 Å². The van der Waals surface area contributed by atoms with Crippen LogP contribution in [-0.4, -0.2) is 27.4 Å². The molecule has 2 N–H and O–H groups in total. The Morgan fingerprint density at radius 2 is 1.76 bits per heavy atom. The summed E-state index contributed by atoms with van der Waals surface area (Å²) in [7, 11) is 0. The molecule has 7 heteroatoms. The van der Waals surface area contributed by atoms with E-state index in [9.17, 15) is 13.6 Å². The Morgan fingerprint density at radius 3 is 2.45 bits per heavy atom. The summed E-state index contributed by atoms with van der Waals surface area (Å²) in [6, 6.07) is 13.3. The first-order chi connectivity index (χ1) is 14.0. The number of hydrogen-bond acceptors (Lipinski definition) is 3. The Morgan fingerprint density at radius 1 is 1.07 bits per heavy atom. The summed E-state index contributed by atoms with van der Waals surface area (Å²) < 4.78 is 27.6. The van der Waals surface area contributed by atoms with Crippen LogP contribution in [0.25, 0.3) is 5.65 Å². The number of rotatable bonds is 5. The number of halogens is 2. The number of benzene rings is 1. The number of carbonyl (C=O) groups excluding carboxylic acids is 1. The van der Waals surface area contributed by atoms with Gasteiger partial charge >= 0.3 is 0 Å². The number of aryl methyl sites for hydroxylation is 1. The molecule has 1 amide bonds. The number of imidazole rings is 1. The summed E-state index contributed by atoms with van der Waals surface area (Å²) in [5.41, 5.74) is 2.09. The van der Waals surface area contributed by atoms with Gasteiger partial charge in [-0.15, -0.1) is 0 Å². The highest BCUT2D eigenvalue weighted by Gasteiger charge is 2.23. The number of aromatic nitrogens is 2. The fourth-order valence-corrected chi connectivity index (χ4v) is 3.82. The Balaban J connectivity index is 1.35. The first-order valence-electron chi connectivity index (χ1n) is 9.90. The van der Waals surface area contributed by atoms with E-state index in [1.165, 1.54) is 6.20 Å². The zero-order valence-corrected chi connectivity index (χ0v) is 16.2. The first kappa shape index (κ1) is 19.4. The normalized spacial score (nSPS) is 19.4. The summed E-state index contributed by atoms with van der Waals surface area (Å²) >= 11 is 0. The summed E-state index contributed by atoms with van der Waals surface area (Å²) in [4.78, 5) is 16.4. The molecule has 1 saturated carbocycles. The molecule has 0 atom stereocenters. The molecule has 2 heterocycles. The molecule has 1 fully saturated rings. The minimum absolute atomic E-state index is 0.0379. The third-order valence-electron chi connectivity index (χ3n) is 5.46. The molecule has 1 aromatic carbocycles. The van der Waals surface area contributed by atoms with Crippen LogP contribution in [-0.2, 0) is 0 Å². The van der Waals surface area contributed by atoms with E-state index in [2.05, 4.69) is 15.6 Å². The van der Waals surface area contributed by atoms with Crippen molar-refractivity contribution >= 4 is 17.4 Å². The molecule has 0 aliphatic heterocycles. The van der Waals surface area contributed by atoms with Crippen molar-refractivity contribution in [1.82, 2.24) is 14.7 Å². The zero-order valence-electron chi connectivity index (χ0n) is 16.2. The number of nitrogens with zero attached hydrogens (tertiary/aromatic N) is 2. The van der Waals surface area contributed by atoms with Crippen molar-refractivity contribution in [2.24, 2.45) is 0 Å². The van der Waals surface area contributed by atoms with Gasteiger partial charge in [0.1, 0.15) is 17.2 Å². The van der Waals surface area contributed by atoms with Gasteiger partial charge in [0.2, 0.25) is 0 Å². The third kappa shape index (κ3) is 4.39. The van der Waals surface area contributed by atoms with Crippen LogP contribution in [0.1, 0.15) is 53.7 Å². The fourth-order valence-electron chi connectivity index (χ4n) is 3.82. The molecular weight excluding hydrogens is 374 g/mol. The number of anilines is 1. The molecule has 0 saturated heterocycles. The highest BCUT2D eigenvalue weighted by Crippen LogP contribution is 2.25. The molecule has 1 aliphatic rings. The second-order valence-corrected chi connectivity index (χ2v) is 7.64. The van der Waals surface area contributed by atoms with Crippen LogP contribution >= 0.6 is 0 Å². The van der Waals surface area contributed by atoms with Gasteiger partial charge in [0, 0.05) is 23.8 Å². The van der Waals surface area contributed by atoms with Gasteiger partial charge in [0.25, 0.3) is 12.3 Å². The van der Waals surface area contributed by atoms with Crippen molar-refractivity contribution < 1.29 is 13.6 Å². The van der Waals surface area contributed by atoms with E-state index < -0.39 is 6.43 Å². The van der Waals surface area contributed by atoms with E-state index in [0.717, 1.165) is 37.1 Å². The maximum Gasteiger partial charge on any atom is 0.281 e. The lowest BCUT2D eigenvalue weighted by Gasteiger charge is -2.30. The minimum Gasteiger partial charge on any atom is -0.368 e. The van der Waals surface area contributed by atoms with Crippen LogP contribution in [0.15, 0.2) is 48.7 Å². The average Bonchev–Trinajstić information content (AvgIpc) is 3.16. The molecular formula is C22H24F2N4O. The number of nitrogens with one attached hydrogen (secondary N) is 2. The molecule has 1 aliphatic carbocycles. The number of carbonyl (C=O) groups is 1. The van der Waals surface area contributed by atoms with E-state index in [0.29, 0.717) is 11.2 Å². The Hall–Kier alpha value is -2.96. The molecule has 0 unspecified atom stereocenters. The minimum atomic E-state index is -2.59.